The Kier molecular flexibility index (Phi) is 5.72. The number of rotatable bonds is 8. The summed E-state index contributed by atoms with van der Waals surface area (Å²) in [5.41, 5.74) is -1.96. The van der Waals surface area contributed by atoms with Crippen LogP contribution in [-0.4, -0.2) is 60.6 Å². The lowest BCUT2D eigenvalue weighted by Gasteiger charge is -2.32. The number of aliphatic hydroxyl groups excluding tert-OH is 1. The van der Waals surface area contributed by atoms with E-state index in [4.69, 9.17) is 9.47 Å². The van der Waals surface area contributed by atoms with E-state index in [0.29, 0.717) is 23.4 Å². The van der Waals surface area contributed by atoms with E-state index in [1.807, 2.05) is 0 Å². The van der Waals surface area contributed by atoms with Crippen LogP contribution in [-0.2, 0) is 24.7 Å². The Hall–Kier alpha value is -2.56. The number of carbonyl (C=O) groups is 2. The van der Waals surface area contributed by atoms with Crippen LogP contribution in [0, 0.1) is 5.92 Å². The van der Waals surface area contributed by atoms with Gasteiger partial charge in [0.1, 0.15) is 29.7 Å². The fraction of sp³-hybridized carbons (Fsp3) is 0.636. The van der Waals surface area contributed by atoms with E-state index in [1.165, 1.54) is 10.8 Å². The van der Waals surface area contributed by atoms with Crippen LogP contribution in [0.5, 0.6) is 0 Å². The van der Waals surface area contributed by atoms with Gasteiger partial charge in [0.2, 0.25) is 5.91 Å². The van der Waals surface area contributed by atoms with Crippen molar-refractivity contribution in [3.8, 4) is 0 Å². The van der Waals surface area contributed by atoms with Gasteiger partial charge in [-0.05, 0) is 25.5 Å². The molecular weight excluding hydrogens is 416 g/mol. The van der Waals surface area contributed by atoms with Crippen molar-refractivity contribution in [2.24, 2.45) is 5.92 Å². The lowest BCUT2D eigenvalue weighted by atomic mass is 9.91. The summed E-state index contributed by atoms with van der Waals surface area (Å²) < 4.78 is 12.9. The molecule has 1 saturated heterocycles. The van der Waals surface area contributed by atoms with Crippen LogP contribution in [0.3, 0.4) is 0 Å². The molecule has 1 unspecified atom stereocenters. The van der Waals surface area contributed by atoms with Crippen molar-refractivity contribution in [3.63, 3.8) is 0 Å². The molecule has 10 heteroatoms. The van der Waals surface area contributed by atoms with Crippen LogP contribution in [0.2, 0.25) is 0 Å². The van der Waals surface area contributed by atoms with E-state index in [0.717, 1.165) is 19.3 Å². The van der Waals surface area contributed by atoms with Gasteiger partial charge in [0.15, 0.2) is 17.5 Å². The minimum absolute atomic E-state index is 0.129. The number of carbonyl (C=O) groups excluding carboxylic acids is 2. The highest BCUT2D eigenvalue weighted by atomic mass is 16.6. The van der Waals surface area contributed by atoms with Gasteiger partial charge >= 0.3 is 5.97 Å². The number of nitrogens with one attached hydrogen (secondary N) is 1. The molecule has 1 saturated carbocycles. The molecule has 1 aliphatic carbocycles. The second-order valence-corrected chi connectivity index (χ2v) is 9.08. The molecule has 3 N–H and O–H groups in total. The molecule has 0 aromatic carbocycles. The first-order valence-corrected chi connectivity index (χ1v) is 11.1. The maximum Gasteiger partial charge on any atom is 0.308 e. The Balaban J connectivity index is 1.55. The second kappa shape index (κ2) is 8.09. The van der Waals surface area contributed by atoms with Gasteiger partial charge in [-0.15, -0.1) is 0 Å². The highest BCUT2D eigenvalue weighted by Crippen LogP contribution is 2.59. The van der Waals surface area contributed by atoms with Crippen molar-refractivity contribution in [1.29, 1.82) is 0 Å². The van der Waals surface area contributed by atoms with Gasteiger partial charge in [-0.1, -0.05) is 33.6 Å². The van der Waals surface area contributed by atoms with Gasteiger partial charge in [0.05, 0.1) is 11.6 Å². The lowest BCUT2D eigenvalue weighted by molar-refractivity contribution is -0.167. The molecule has 2 aliphatic rings. The van der Waals surface area contributed by atoms with Crippen LogP contribution >= 0.6 is 0 Å². The molecule has 10 nitrogen and oxygen atoms in total. The number of ether oxygens (including phenoxy) is 2. The summed E-state index contributed by atoms with van der Waals surface area (Å²) in [5.74, 6) is -0.590. The van der Waals surface area contributed by atoms with Gasteiger partial charge in [-0.25, -0.2) is 9.50 Å². The minimum atomic E-state index is -1.69. The Labute approximate surface area is 185 Å². The third kappa shape index (κ3) is 3.46. The van der Waals surface area contributed by atoms with E-state index in [9.17, 15) is 19.8 Å². The smallest absolute Gasteiger partial charge is 0.308 e. The second-order valence-electron chi connectivity index (χ2n) is 9.08. The number of fused-ring (bicyclic) bond motifs is 2. The largest absolute Gasteiger partial charge is 0.456 e. The maximum absolute atomic E-state index is 12.3. The number of aromatic nitrogens is 3. The summed E-state index contributed by atoms with van der Waals surface area (Å²) in [4.78, 5) is 28.4. The summed E-state index contributed by atoms with van der Waals surface area (Å²) in [5, 5.41) is 29.0. The van der Waals surface area contributed by atoms with Crippen LogP contribution in [0.15, 0.2) is 18.5 Å². The zero-order valence-electron chi connectivity index (χ0n) is 18.7. The van der Waals surface area contributed by atoms with Crippen molar-refractivity contribution >= 4 is 23.2 Å². The number of unbranched alkanes of at least 4 members (excludes halogenated alkanes) is 2. The fourth-order valence-electron chi connectivity index (χ4n) is 4.32. The third-order valence-electron chi connectivity index (χ3n) is 6.35. The average molecular weight is 447 g/mol. The predicted octanol–water partition coefficient (Wildman–Crippen LogP) is 1.54. The molecule has 174 valence electrons. The van der Waals surface area contributed by atoms with Crippen molar-refractivity contribution in [3.05, 3.63) is 24.2 Å². The van der Waals surface area contributed by atoms with Gasteiger partial charge in [0.25, 0.3) is 0 Å². The zero-order valence-corrected chi connectivity index (χ0v) is 18.7. The Morgan fingerprint density at radius 3 is 2.72 bits per heavy atom. The first kappa shape index (κ1) is 22.6. The van der Waals surface area contributed by atoms with Crippen molar-refractivity contribution in [1.82, 2.24) is 14.6 Å². The number of esters is 1. The first-order valence-electron chi connectivity index (χ1n) is 11.1. The van der Waals surface area contributed by atoms with Crippen molar-refractivity contribution < 1.29 is 29.3 Å². The van der Waals surface area contributed by atoms with Crippen LogP contribution < -0.4 is 5.32 Å². The Morgan fingerprint density at radius 2 is 2.09 bits per heavy atom. The molecule has 1 amide bonds. The third-order valence-corrected chi connectivity index (χ3v) is 6.35. The highest BCUT2D eigenvalue weighted by Gasteiger charge is 2.82. The van der Waals surface area contributed by atoms with E-state index in [-0.39, 0.29) is 11.8 Å². The first-order chi connectivity index (χ1) is 15.1. The molecule has 4 rings (SSSR count). The summed E-state index contributed by atoms with van der Waals surface area (Å²) in [6.45, 7) is 7.11. The molecule has 5 atom stereocenters. The molecule has 3 heterocycles. The maximum atomic E-state index is 12.3. The molecule has 2 aromatic rings. The monoisotopic (exact) mass is 446 g/mol. The van der Waals surface area contributed by atoms with E-state index < -0.39 is 35.5 Å². The molecule has 2 fully saturated rings. The lowest BCUT2D eigenvalue weighted by Crippen LogP contribution is -2.46. The Bertz CT molecular complexity index is 1040. The summed E-state index contributed by atoms with van der Waals surface area (Å²) in [6.07, 6.45) is 1.41. The highest BCUT2D eigenvalue weighted by molar-refractivity contribution is 5.93. The molecule has 0 radical (unpaired) electrons. The van der Waals surface area contributed by atoms with E-state index in [1.54, 1.807) is 32.9 Å². The van der Waals surface area contributed by atoms with Crippen molar-refractivity contribution in [2.75, 3.05) is 5.32 Å². The number of anilines is 1. The zero-order chi connectivity index (χ0) is 23.3. The minimum Gasteiger partial charge on any atom is -0.456 e. The predicted molar refractivity (Wildman–Crippen MR) is 114 cm³/mol. The van der Waals surface area contributed by atoms with Crippen molar-refractivity contribution in [2.45, 2.75) is 82.9 Å². The number of hydrogen-bond acceptors (Lipinski definition) is 8. The molecule has 0 bridgehead atoms. The molecule has 1 aliphatic heterocycles. The van der Waals surface area contributed by atoms with Crippen LogP contribution in [0.1, 0.15) is 59.1 Å². The topological polar surface area (TPSA) is 135 Å². The number of nitrogens with zero attached hydrogens (tertiary/aromatic N) is 3. The van der Waals surface area contributed by atoms with Crippen LogP contribution in [0.4, 0.5) is 5.82 Å². The normalized spacial score (nSPS) is 31.0. The van der Waals surface area contributed by atoms with E-state index >= 15 is 0 Å². The molecule has 32 heavy (non-hydrogen) atoms. The molecular formula is C22H30N4O6. The summed E-state index contributed by atoms with van der Waals surface area (Å²) >= 11 is 0. The van der Waals surface area contributed by atoms with Gasteiger partial charge in [-0.2, -0.15) is 5.10 Å². The summed E-state index contributed by atoms with van der Waals surface area (Å²) in [6, 6.07) is 3.44. The number of aliphatic hydroxyl groups is 2. The quantitative estimate of drug-likeness (QED) is 0.410. The van der Waals surface area contributed by atoms with E-state index in [2.05, 4.69) is 22.3 Å². The average Bonchev–Trinajstić information content (AvgIpc) is 3.05. The summed E-state index contributed by atoms with van der Waals surface area (Å²) in [7, 11) is 0. The molecule has 0 spiro atoms. The SMILES string of the molecule is CCCCCC(=O)Nc1ncnn2c([C@]3(C)O[C@@H]4C(OC(=O)C(C)C)[C@]4(O)[C@H]3O)ccc12. The standard InChI is InChI=1S/C22H30N4O6/c1-5-6-7-8-15(27)25-18-13-9-10-14(26(13)24-11-23-18)21(4)20(29)22(30)16(17(22)32-21)31-19(28)12(2)3/h9-12,16-17,20,29-30H,5-8H2,1-4H3,(H,23,24,25,27)/t16?,17-,20+,21+,22-/m1/s1. The number of amides is 1. The fourth-order valence-corrected chi connectivity index (χ4v) is 4.32. The number of hydrogen-bond donors (Lipinski definition) is 3. The van der Waals surface area contributed by atoms with Gasteiger partial charge in [0, 0.05) is 6.42 Å². The Morgan fingerprint density at radius 1 is 1.34 bits per heavy atom. The van der Waals surface area contributed by atoms with Gasteiger partial charge in [-0.3, -0.25) is 9.59 Å². The molecule has 2 aromatic heterocycles. The van der Waals surface area contributed by atoms with Gasteiger partial charge < -0.3 is 25.0 Å². The van der Waals surface area contributed by atoms with Crippen LogP contribution in [0.25, 0.3) is 5.52 Å².